The van der Waals surface area contributed by atoms with Crippen molar-refractivity contribution in [3.05, 3.63) is 51.5 Å². The molecule has 2 heterocycles. The lowest BCUT2D eigenvalue weighted by molar-refractivity contribution is -0.133. The molecule has 0 radical (unpaired) electrons. The third-order valence-corrected chi connectivity index (χ3v) is 7.21. The van der Waals surface area contributed by atoms with Crippen LogP contribution < -0.4 is 0 Å². The molecule has 1 atom stereocenters. The van der Waals surface area contributed by atoms with E-state index in [1.54, 1.807) is 11.3 Å². The van der Waals surface area contributed by atoms with Gasteiger partial charge in [-0.15, -0.1) is 11.3 Å². The van der Waals surface area contributed by atoms with Gasteiger partial charge < -0.3 is 4.90 Å². The third kappa shape index (κ3) is 3.94. The van der Waals surface area contributed by atoms with Crippen molar-refractivity contribution in [2.75, 3.05) is 20.1 Å². The first-order valence-corrected chi connectivity index (χ1v) is 10.8. The molecular weight excluding hydrogens is 354 g/mol. The van der Waals surface area contributed by atoms with Crippen molar-refractivity contribution in [3.63, 3.8) is 0 Å². The van der Waals surface area contributed by atoms with Gasteiger partial charge in [0, 0.05) is 24.9 Å². The summed E-state index contributed by atoms with van der Waals surface area (Å²) in [6, 6.07) is 6.80. The van der Waals surface area contributed by atoms with Crippen molar-refractivity contribution in [3.8, 4) is 0 Å². The predicted molar refractivity (Wildman–Crippen MR) is 110 cm³/mol. The average Bonchev–Trinajstić information content (AvgIpc) is 3.09. The third-order valence-electron chi connectivity index (χ3n) is 6.58. The van der Waals surface area contributed by atoms with Gasteiger partial charge in [-0.2, -0.15) is 0 Å². The van der Waals surface area contributed by atoms with Gasteiger partial charge >= 0.3 is 0 Å². The molecule has 144 valence electrons. The van der Waals surface area contributed by atoms with Crippen LogP contribution in [0.2, 0.25) is 0 Å². The first-order valence-electron chi connectivity index (χ1n) is 9.87. The second kappa shape index (κ2) is 7.36. The Labute approximate surface area is 166 Å². The molecule has 1 aliphatic carbocycles. The summed E-state index contributed by atoms with van der Waals surface area (Å²) >= 11 is 1.59. The molecule has 4 nitrogen and oxygen atoms in total. The van der Waals surface area contributed by atoms with Crippen molar-refractivity contribution < 1.29 is 4.79 Å². The smallest absolute Gasteiger partial charge is 0.226 e. The van der Waals surface area contributed by atoms with E-state index in [0.717, 1.165) is 44.6 Å². The number of aryl methyl sites for hydroxylation is 2. The first-order chi connectivity index (χ1) is 13.0. The maximum atomic E-state index is 12.8. The minimum absolute atomic E-state index is 0.227. The number of benzene rings is 1. The predicted octanol–water partition coefficient (Wildman–Crippen LogP) is 4.02. The summed E-state index contributed by atoms with van der Waals surface area (Å²) in [5.74, 6) is 0.538. The van der Waals surface area contributed by atoms with E-state index < -0.39 is 0 Å². The number of piperidine rings is 1. The summed E-state index contributed by atoms with van der Waals surface area (Å²) in [5.41, 5.74) is 7.23. The topological polar surface area (TPSA) is 36.4 Å². The lowest BCUT2D eigenvalue weighted by Crippen LogP contribution is -2.37. The summed E-state index contributed by atoms with van der Waals surface area (Å²) in [7, 11) is 1.92. The molecule has 0 N–H and O–H groups in total. The van der Waals surface area contributed by atoms with Crippen LogP contribution in [0.5, 0.6) is 0 Å². The van der Waals surface area contributed by atoms with E-state index in [0.29, 0.717) is 12.5 Å². The minimum Gasteiger partial charge on any atom is -0.340 e. The highest BCUT2D eigenvalue weighted by molar-refractivity contribution is 7.07. The Balaban J connectivity index is 1.29. The van der Waals surface area contributed by atoms with E-state index in [-0.39, 0.29) is 11.3 Å². The first kappa shape index (κ1) is 18.6. The number of thiazole rings is 1. The van der Waals surface area contributed by atoms with Gasteiger partial charge in [0.05, 0.1) is 17.7 Å². The monoisotopic (exact) mass is 383 g/mol. The van der Waals surface area contributed by atoms with Gasteiger partial charge in [-0.1, -0.05) is 18.2 Å². The Morgan fingerprint density at radius 3 is 2.74 bits per heavy atom. The summed E-state index contributed by atoms with van der Waals surface area (Å²) in [6.07, 6.45) is 3.38. The molecule has 1 amide bonds. The van der Waals surface area contributed by atoms with Gasteiger partial charge in [-0.05, 0) is 68.3 Å². The van der Waals surface area contributed by atoms with Crippen molar-refractivity contribution >= 4 is 17.2 Å². The number of nitrogens with zero attached hydrogens (tertiary/aromatic N) is 3. The summed E-state index contributed by atoms with van der Waals surface area (Å²) in [6.45, 7) is 8.22. The lowest BCUT2D eigenvalue weighted by atomic mass is 9.90. The van der Waals surface area contributed by atoms with Crippen LogP contribution in [0.15, 0.2) is 29.1 Å². The molecular formula is C22H29N3OS. The van der Waals surface area contributed by atoms with Gasteiger partial charge in [0.1, 0.15) is 0 Å². The zero-order valence-corrected chi connectivity index (χ0v) is 17.4. The van der Waals surface area contributed by atoms with Crippen LogP contribution in [-0.4, -0.2) is 40.8 Å². The zero-order chi connectivity index (χ0) is 19.0. The fraction of sp³-hybridized carbons (Fsp3) is 0.545. The maximum absolute atomic E-state index is 12.8. The van der Waals surface area contributed by atoms with E-state index in [9.17, 15) is 4.79 Å². The average molecular weight is 384 g/mol. The van der Waals surface area contributed by atoms with E-state index in [1.807, 2.05) is 22.8 Å². The largest absolute Gasteiger partial charge is 0.340 e. The molecule has 1 spiro atoms. The number of hydrogen-bond donors (Lipinski definition) is 0. The molecule has 1 aromatic carbocycles. The van der Waals surface area contributed by atoms with Crippen molar-refractivity contribution in [2.45, 2.75) is 46.2 Å². The molecule has 2 aliphatic rings. The number of carbonyl (C=O) groups excluding carboxylic acids is 1. The minimum atomic E-state index is 0.227. The Hall–Kier alpha value is -1.72. The van der Waals surface area contributed by atoms with E-state index in [4.69, 9.17) is 0 Å². The summed E-state index contributed by atoms with van der Waals surface area (Å²) in [5, 5.41) is 2.03. The van der Waals surface area contributed by atoms with Crippen LogP contribution in [-0.2, 0) is 17.9 Å². The standard InChI is InChI=1S/C22H29N3OS/c1-16-4-5-18(10-17(16)2)12-25-8-6-22(7-9-25)11-20(22)21(26)24(3)13-19-14-27-15-23-19/h4-5,10,14-15,20H,6-9,11-13H2,1-3H3. The molecule has 27 heavy (non-hydrogen) atoms. The second-order valence-corrected chi connectivity index (χ2v) is 9.21. The number of likely N-dealkylation sites (tertiary alicyclic amines) is 1. The highest BCUT2D eigenvalue weighted by atomic mass is 32.1. The highest BCUT2D eigenvalue weighted by Gasteiger charge is 2.58. The maximum Gasteiger partial charge on any atom is 0.226 e. The molecule has 1 aliphatic heterocycles. The van der Waals surface area contributed by atoms with Gasteiger partial charge in [0.15, 0.2) is 0 Å². The quantitative estimate of drug-likeness (QED) is 0.782. The van der Waals surface area contributed by atoms with Crippen molar-refractivity contribution in [1.29, 1.82) is 0 Å². The van der Waals surface area contributed by atoms with Gasteiger partial charge in [-0.25, -0.2) is 4.98 Å². The van der Waals surface area contributed by atoms with Crippen LogP contribution in [0.4, 0.5) is 0 Å². The van der Waals surface area contributed by atoms with Crippen molar-refractivity contribution in [2.24, 2.45) is 11.3 Å². The second-order valence-electron chi connectivity index (χ2n) is 8.49. The number of carbonyl (C=O) groups is 1. The fourth-order valence-electron chi connectivity index (χ4n) is 4.47. The summed E-state index contributed by atoms with van der Waals surface area (Å²) < 4.78 is 0. The van der Waals surface area contributed by atoms with Crippen LogP contribution >= 0.6 is 11.3 Å². The van der Waals surface area contributed by atoms with E-state index in [1.165, 1.54) is 16.7 Å². The Kier molecular flexibility index (Phi) is 5.08. The Bertz CT molecular complexity index is 809. The zero-order valence-electron chi connectivity index (χ0n) is 16.6. The van der Waals surface area contributed by atoms with Crippen LogP contribution in [0.3, 0.4) is 0 Å². The number of hydrogen-bond acceptors (Lipinski definition) is 4. The fourth-order valence-corrected chi connectivity index (χ4v) is 5.02. The van der Waals surface area contributed by atoms with Crippen LogP contribution in [0.25, 0.3) is 0 Å². The molecule has 2 fully saturated rings. The van der Waals surface area contributed by atoms with Gasteiger partial charge in [0.2, 0.25) is 5.91 Å². The Morgan fingerprint density at radius 1 is 1.30 bits per heavy atom. The van der Waals surface area contributed by atoms with E-state index >= 15 is 0 Å². The van der Waals surface area contributed by atoms with Crippen LogP contribution in [0, 0.1) is 25.2 Å². The number of rotatable bonds is 5. The molecule has 5 heteroatoms. The van der Waals surface area contributed by atoms with Gasteiger partial charge in [0.25, 0.3) is 0 Å². The molecule has 1 aromatic heterocycles. The Morgan fingerprint density at radius 2 is 2.07 bits per heavy atom. The molecule has 4 rings (SSSR count). The number of amides is 1. The summed E-state index contributed by atoms with van der Waals surface area (Å²) in [4.78, 5) is 21.6. The SMILES string of the molecule is Cc1ccc(CN2CCC3(CC2)CC3C(=O)N(C)Cc2cscn2)cc1C. The van der Waals surface area contributed by atoms with Crippen LogP contribution in [0.1, 0.15) is 41.6 Å². The molecule has 0 bridgehead atoms. The van der Waals surface area contributed by atoms with Gasteiger partial charge in [-0.3, -0.25) is 9.69 Å². The lowest BCUT2D eigenvalue weighted by Gasteiger charge is -2.33. The molecule has 2 aromatic rings. The molecule has 1 saturated carbocycles. The van der Waals surface area contributed by atoms with E-state index in [2.05, 4.69) is 41.9 Å². The number of aromatic nitrogens is 1. The molecule has 1 saturated heterocycles. The molecule has 1 unspecified atom stereocenters. The van der Waals surface area contributed by atoms with Crippen molar-refractivity contribution in [1.82, 2.24) is 14.8 Å². The normalized spacial score (nSPS) is 21.4. The highest BCUT2D eigenvalue weighted by Crippen LogP contribution is 2.60.